The third kappa shape index (κ3) is 1.59. The summed E-state index contributed by atoms with van der Waals surface area (Å²) in [4.78, 5) is 11.1. The van der Waals surface area contributed by atoms with Crippen molar-refractivity contribution in [2.24, 2.45) is 5.41 Å². The van der Waals surface area contributed by atoms with Crippen LogP contribution in [0, 0.1) is 11.2 Å². The molecule has 2 rings (SSSR count). The number of aliphatic hydroxyl groups excluding tert-OH is 1. The number of aliphatic hydroxyl groups is 1. The van der Waals surface area contributed by atoms with Crippen LogP contribution in [0.25, 0.3) is 0 Å². The molecule has 0 aliphatic heterocycles. The Kier molecular flexibility index (Phi) is 2.68. The molecule has 1 fully saturated rings. The quantitative estimate of drug-likeness (QED) is 0.826. The number of carboxylic acids is 1. The number of carboxylic acid groups (broad SMARTS) is 1. The lowest BCUT2D eigenvalue weighted by molar-refractivity contribution is -0.166. The zero-order chi connectivity index (χ0) is 11.8. The topological polar surface area (TPSA) is 57.5 Å². The lowest BCUT2D eigenvalue weighted by Gasteiger charge is -2.41. The van der Waals surface area contributed by atoms with Gasteiger partial charge in [0.25, 0.3) is 0 Å². The first kappa shape index (κ1) is 11.1. The SMILES string of the molecule is O=C(O)C1(C(O)c2cccc(F)c2)CCC1. The molecule has 16 heavy (non-hydrogen) atoms. The van der Waals surface area contributed by atoms with E-state index in [-0.39, 0.29) is 0 Å². The maximum Gasteiger partial charge on any atom is 0.312 e. The summed E-state index contributed by atoms with van der Waals surface area (Å²) in [5.74, 6) is -1.47. The van der Waals surface area contributed by atoms with E-state index >= 15 is 0 Å². The van der Waals surface area contributed by atoms with Gasteiger partial charge in [0.2, 0.25) is 0 Å². The summed E-state index contributed by atoms with van der Waals surface area (Å²) in [6, 6.07) is 5.48. The van der Waals surface area contributed by atoms with Crippen molar-refractivity contribution in [2.75, 3.05) is 0 Å². The fourth-order valence-corrected chi connectivity index (χ4v) is 2.16. The Balaban J connectivity index is 2.30. The number of aliphatic carboxylic acids is 1. The van der Waals surface area contributed by atoms with E-state index in [1.165, 1.54) is 18.2 Å². The zero-order valence-corrected chi connectivity index (χ0v) is 8.69. The molecule has 1 unspecified atom stereocenters. The molecule has 0 heterocycles. The average Bonchev–Trinajstić information content (AvgIpc) is 2.15. The van der Waals surface area contributed by atoms with E-state index in [0.717, 1.165) is 6.42 Å². The molecule has 4 heteroatoms. The van der Waals surface area contributed by atoms with Crippen LogP contribution in [-0.4, -0.2) is 16.2 Å². The van der Waals surface area contributed by atoms with Gasteiger partial charge < -0.3 is 10.2 Å². The highest BCUT2D eigenvalue weighted by Crippen LogP contribution is 2.50. The van der Waals surface area contributed by atoms with Gasteiger partial charge in [-0.3, -0.25) is 4.79 Å². The van der Waals surface area contributed by atoms with E-state index in [0.29, 0.717) is 18.4 Å². The number of rotatable bonds is 3. The molecule has 0 aromatic heterocycles. The maximum absolute atomic E-state index is 13.0. The van der Waals surface area contributed by atoms with E-state index in [1.807, 2.05) is 0 Å². The molecule has 0 radical (unpaired) electrons. The van der Waals surface area contributed by atoms with Crippen molar-refractivity contribution in [3.05, 3.63) is 35.6 Å². The molecule has 3 nitrogen and oxygen atoms in total. The summed E-state index contributed by atoms with van der Waals surface area (Å²) in [7, 11) is 0. The predicted molar refractivity (Wildman–Crippen MR) is 55.3 cm³/mol. The Bertz CT molecular complexity index is 412. The Morgan fingerprint density at radius 1 is 1.44 bits per heavy atom. The first-order valence-electron chi connectivity index (χ1n) is 5.23. The first-order chi connectivity index (χ1) is 7.56. The minimum absolute atomic E-state index is 0.335. The molecule has 1 atom stereocenters. The second kappa shape index (κ2) is 3.87. The Labute approximate surface area is 92.5 Å². The number of benzene rings is 1. The van der Waals surface area contributed by atoms with Crippen molar-refractivity contribution in [1.29, 1.82) is 0 Å². The molecule has 1 aromatic rings. The van der Waals surface area contributed by atoms with E-state index in [2.05, 4.69) is 0 Å². The number of hydrogen-bond donors (Lipinski definition) is 2. The number of halogens is 1. The minimum Gasteiger partial charge on any atom is -0.481 e. The molecule has 0 bridgehead atoms. The van der Waals surface area contributed by atoms with Gasteiger partial charge in [-0.2, -0.15) is 0 Å². The summed E-state index contributed by atoms with van der Waals surface area (Å²) >= 11 is 0. The van der Waals surface area contributed by atoms with Crippen molar-refractivity contribution < 1.29 is 19.4 Å². The monoisotopic (exact) mass is 224 g/mol. The Morgan fingerprint density at radius 3 is 2.56 bits per heavy atom. The zero-order valence-electron chi connectivity index (χ0n) is 8.69. The van der Waals surface area contributed by atoms with Gasteiger partial charge in [0.05, 0.1) is 11.5 Å². The minimum atomic E-state index is -1.13. The van der Waals surface area contributed by atoms with Crippen LogP contribution in [0.3, 0.4) is 0 Å². The molecule has 86 valence electrons. The average molecular weight is 224 g/mol. The van der Waals surface area contributed by atoms with Crippen LogP contribution < -0.4 is 0 Å². The molecule has 0 spiro atoms. The van der Waals surface area contributed by atoms with Crippen LogP contribution in [0.1, 0.15) is 30.9 Å². The predicted octanol–water partition coefficient (Wildman–Crippen LogP) is 2.11. The summed E-state index contributed by atoms with van der Waals surface area (Å²) < 4.78 is 13.0. The highest BCUT2D eigenvalue weighted by Gasteiger charge is 2.50. The van der Waals surface area contributed by atoms with Crippen LogP contribution in [0.5, 0.6) is 0 Å². The van der Waals surface area contributed by atoms with E-state index in [4.69, 9.17) is 5.11 Å². The summed E-state index contributed by atoms with van der Waals surface area (Å²) in [6.45, 7) is 0. The van der Waals surface area contributed by atoms with Crippen LogP contribution in [0.15, 0.2) is 24.3 Å². The molecule has 2 N–H and O–H groups in total. The second-order valence-corrected chi connectivity index (χ2v) is 4.27. The number of hydrogen-bond acceptors (Lipinski definition) is 2. The van der Waals surface area contributed by atoms with E-state index < -0.39 is 23.3 Å². The van der Waals surface area contributed by atoms with Crippen molar-refractivity contribution in [3.63, 3.8) is 0 Å². The highest BCUT2D eigenvalue weighted by atomic mass is 19.1. The fourth-order valence-electron chi connectivity index (χ4n) is 2.16. The standard InChI is InChI=1S/C12H13FO3/c13-9-4-1-3-8(7-9)10(14)12(11(15)16)5-2-6-12/h1,3-4,7,10,14H,2,5-6H2,(H,15,16). The largest absolute Gasteiger partial charge is 0.481 e. The van der Waals surface area contributed by atoms with Crippen molar-refractivity contribution in [3.8, 4) is 0 Å². The van der Waals surface area contributed by atoms with Crippen LogP contribution in [0.2, 0.25) is 0 Å². The molecular weight excluding hydrogens is 211 g/mol. The third-order valence-electron chi connectivity index (χ3n) is 3.36. The summed E-state index contributed by atoms with van der Waals surface area (Å²) in [5.41, 5.74) is -0.782. The van der Waals surface area contributed by atoms with E-state index in [1.54, 1.807) is 6.07 Å². The smallest absolute Gasteiger partial charge is 0.312 e. The number of carbonyl (C=O) groups is 1. The Hall–Kier alpha value is -1.42. The molecular formula is C12H13FO3. The van der Waals surface area contributed by atoms with Gasteiger partial charge in [0.1, 0.15) is 5.82 Å². The molecule has 1 aliphatic rings. The van der Waals surface area contributed by atoms with Crippen molar-refractivity contribution >= 4 is 5.97 Å². The maximum atomic E-state index is 13.0. The normalized spacial score (nSPS) is 19.9. The molecule has 0 saturated heterocycles. The lowest BCUT2D eigenvalue weighted by atomic mass is 9.63. The van der Waals surface area contributed by atoms with Crippen LogP contribution in [0.4, 0.5) is 4.39 Å². The van der Waals surface area contributed by atoms with Crippen LogP contribution in [-0.2, 0) is 4.79 Å². The first-order valence-corrected chi connectivity index (χ1v) is 5.23. The summed E-state index contributed by atoms with van der Waals surface area (Å²) in [5, 5.41) is 19.2. The van der Waals surface area contributed by atoms with Crippen LogP contribution >= 0.6 is 0 Å². The second-order valence-electron chi connectivity index (χ2n) is 4.27. The van der Waals surface area contributed by atoms with E-state index in [9.17, 15) is 14.3 Å². The van der Waals surface area contributed by atoms with Gasteiger partial charge in [0, 0.05) is 0 Å². The highest BCUT2D eigenvalue weighted by molar-refractivity contribution is 5.76. The van der Waals surface area contributed by atoms with Gasteiger partial charge in [-0.1, -0.05) is 18.6 Å². The van der Waals surface area contributed by atoms with Gasteiger partial charge in [0.15, 0.2) is 0 Å². The third-order valence-corrected chi connectivity index (χ3v) is 3.36. The molecule has 0 amide bonds. The van der Waals surface area contributed by atoms with Gasteiger partial charge in [-0.25, -0.2) is 4.39 Å². The molecule has 1 saturated carbocycles. The van der Waals surface area contributed by atoms with Crippen molar-refractivity contribution in [1.82, 2.24) is 0 Å². The van der Waals surface area contributed by atoms with Gasteiger partial charge in [-0.05, 0) is 30.5 Å². The van der Waals surface area contributed by atoms with Gasteiger partial charge >= 0.3 is 5.97 Å². The molecule has 1 aliphatic carbocycles. The van der Waals surface area contributed by atoms with Gasteiger partial charge in [-0.15, -0.1) is 0 Å². The molecule has 1 aromatic carbocycles. The Morgan fingerprint density at radius 2 is 2.12 bits per heavy atom. The lowest BCUT2D eigenvalue weighted by Crippen LogP contribution is -2.43. The fraction of sp³-hybridized carbons (Fsp3) is 0.417. The summed E-state index contributed by atoms with van der Waals surface area (Å²) in [6.07, 6.45) is 0.549. The van der Waals surface area contributed by atoms with Crippen molar-refractivity contribution in [2.45, 2.75) is 25.4 Å².